The Balaban J connectivity index is 2.16. The number of hydrogen-bond donors (Lipinski definition) is 1. The Morgan fingerprint density at radius 3 is 3.14 bits per heavy atom. The van der Waals surface area contributed by atoms with Crippen LogP contribution in [-0.4, -0.2) is 13.2 Å². The zero-order valence-electron chi connectivity index (χ0n) is 8.62. The Morgan fingerprint density at radius 2 is 2.36 bits per heavy atom. The maximum absolute atomic E-state index is 5.69. The molecule has 1 aromatic carbocycles. The molecule has 0 aliphatic carbocycles. The third kappa shape index (κ3) is 1.90. The predicted octanol–water partition coefficient (Wildman–Crippen LogP) is 1.89. The molecule has 0 bridgehead atoms. The van der Waals surface area contributed by atoms with Gasteiger partial charge in [-0.1, -0.05) is 17.7 Å². The second-order valence-electron chi connectivity index (χ2n) is 4.07. The van der Waals surface area contributed by atoms with Gasteiger partial charge in [0.25, 0.3) is 0 Å². The SMILES string of the molecule is Cc1ccc2c(c1)CC(CCN)CO2. The summed E-state index contributed by atoms with van der Waals surface area (Å²) in [4.78, 5) is 0. The van der Waals surface area contributed by atoms with E-state index in [-0.39, 0.29) is 0 Å². The van der Waals surface area contributed by atoms with Crippen LogP contribution in [0.3, 0.4) is 0 Å². The van der Waals surface area contributed by atoms with Crippen molar-refractivity contribution in [3.05, 3.63) is 29.3 Å². The zero-order valence-corrected chi connectivity index (χ0v) is 8.62. The molecule has 0 saturated heterocycles. The molecule has 2 N–H and O–H groups in total. The topological polar surface area (TPSA) is 35.2 Å². The summed E-state index contributed by atoms with van der Waals surface area (Å²) >= 11 is 0. The molecule has 0 radical (unpaired) electrons. The Morgan fingerprint density at radius 1 is 1.50 bits per heavy atom. The Kier molecular flexibility index (Phi) is 2.73. The van der Waals surface area contributed by atoms with Crippen LogP contribution in [0, 0.1) is 12.8 Å². The molecular formula is C12H17NO. The van der Waals surface area contributed by atoms with E-state index < -0.39 is 0 Å². The van der Waals surface area contributed by atoms with Crippen molar-refractivity contribution in [1.82, 2.24) is 0 Å². The first-order valence-electron chi connectivity index (χ1n) is 5.22. The number of hydrogen-bond acceptors (Lipinski definition) is 2. The number of fused-ring (bicyclic) bond motifs is 1. The van der Waals surface area contributed by atoms with Crippen molar-refractivity contribution >= 4 is 0 Å². The van der Waals surface area contributed by atoms with Crippen molar-refractivity contribution < 1.29 is 4.74 Å². The van der Waals surface area contributed by atoms with Crippen LogP contribution in [0.2, 0.25) is 0 Å². The van der Waals surface area contributed by atoms with Gasteiger partial charge in [-0.05, 0) is 43.9 Å². The van der Waals surface area contributed by atoms with E-state index in [1.807, 2.05) is 0 Å². The second-order valence-corrected chi connectivity index (χ2v) is 4.07. The maximum atomic E-state index is 5.69. The molecule has 0 spiro atoms. The normalized spacial score (nSPS) is 20.0. The van der Waals surface area contributed by atoms with E-state index >= 15 is 0 Å². The number of ether oxygens (including phenoxy) is 1. The summed E-state index contributed by atoms with van der Waals surface area (Å²) in [6, 6.07) is 6.39. The highest BCUT2D eigenvalue weighted by atomic mass is 16.5. The van der Waals surface area contributed by atoms with Gasteiger partial charge in [-0.15, -0.1) is 0 Å². The monoisotopic (exact) mass is 191 g/mol. The smallest absolute Gasteiger partial charge is 0.122 e. The van der Waals surface area contributed by atoms with Gasteiger partial charge in [0.1, 0.15) is 5.75 Å². The maximum Gasteiger partial charge on any atom is 0.122 e. The van der Waals surface area contributed by atoms with Crippen LogP contribution in [0.1, 0.15) is 17.5 Å². The molecular weight excluding hydrogens is 174 g/mol. The fourth-order valence-corrected chi connectivity index (χ4v) is 2.01. The van der Waals surface area contributed by atoms with Crippen molar-refractivity contribution in [2.75, 3.05) is 13.2 Å². The van der Waals surface area contributed by atoms with Gasteiger partial charge in [0.15, 0.2) is 0 Å². The van der Waals surface area contributed by atoms with Gasteiger partial charge in [0, 0.05) is 0 Å². The fourth-order valence-electron chi connectivity index (χ4n) is 2.01. The molecule has 1 aromatic rings. The first-order chi connectivity index (χ1) is 6.79. The molecule has 2 rings (SSSR count). The number of rotatable bonds is 2. The highest BCUT2D eigenvalue weighted by molar-refractivity contribution is 5.38. The standard InChI is InChI=1S/C12H17NO/c1-9-2-3-12-11(6-9)7-10(4-5-13)8-14-12/h2-3,6,10H,4-5,7-8,13H2,1H3. The Hall–Kier alpha value is -1.02. The van der Waals surface area contributed by atoms with Crippen molar-refractivity contribution in [1.29, 1.82) is 0 Å². The van der Waals surface area contributed by atoms with E-state index in [0.29, 0.717) is 5.92 Å². The average Bonchev–Trinajstić information content (AvgIpc) is 2.17. The fraction of sp³-hybridized carbons (Fsp3) is 0.500. The van der Waals surface area contributed by atoms with E-state index in [2.05, 4.69) is 25.1 Å². The van der Waals surface area contributed by atoms with E-state index in [1.54, 1.807) is 0 Å². The quantitative estimate of drug-likeness (QED) is 0.774. The van der Waals surface area contributed by atoms with Crippen LogP contribution in [0.4, 0.5) is 0 Å². The molecule has 0 aromatic heterocycles. The summed E-state index contributed by atoms with van der Waals surface area (Å²) in [5.41, 5.74) is 8.20. The lowest BCUT2D eigenvalue weighted by atomic mass is 9.93. The van der Waals surface area contributed by atoms with E-state index in [1.165, 1.54) is 11.1 Å². The molecule has 1 atom stereocenters. The Bertz CT molecular complexity index is 322. The Labute approximate surface area is 85.1 Å². The van der Waals surface area contributed by atoms with Gasteiger partial charge in [0.2, 0.25) is 0 Å². The van der Waals surface area contributed by atoms with Gasteiger partial charge in [0.05, 0.1) is 6.61 Å². The number of aryl methyl sites for hydroxylation is 1. The van der Waals surface area contributed by atoms with Gasteiger partial charge >= 0.3 is 0 Å². The molecule has 1 heterocycles. The molecule has 0 fully saturated rings. The summed E-state index contributed by atoms with van der Waals surface area (Å²) in [6.45, 7) is 3.70. The van der Waals surface area contributed by atoms with E-state index in [0.717, 1.165) is 31.7 Å². The van der Waals surface area contributed by atoms with Crippen LogP contribution >= 0.6 is 0 Å². The zero-order chi connectivity index (χ0) is 9.97. The molecule has 2 nitrogen and oxygen atoms in total. The minimum absolute atomic E-state index is 0.606. The van der Waals surface area contributed by atoms with E-state index in [4.69, 9.17) is 10.5 Å². The third-order valence-corrected chi connectivity index (χ3v) is 2.77. The van der Waals surface area contributed by atoms with Gasteiger partial charge in [-0.3, -0.25) is 0 Å². The lowest BCUT2D eigenvalue weighted by molar-refractivity contribution is 0.216. The minimum Gasteiger partial charge on any atom is -0.493 e. The summed E-state index contributed by atoms with van der Waals surface area (Å²) < 4.78 is 5.69. The summed E-state index contributed by atoms with van der Waals surface area (Å²) in [5.74, 6) is 1.66. The lowest BCUT2D eigenvalue weighted by Gasteiger charge is -2.25. The minimum atomic E-state index is 0.606. The van der Waals surface area contributed by atoms with Crippen molar-refractivity contribution in [2.24, 2.45) is 11.7 Å². The highest BCUT2D eigenvalue weighted by Crippen LogP contribution is 2.28. The molecule has 1 aliphatic heterocycles. The van der Waals surface area contributed by atoms with E-state index in [9.17, 15) is 0 Å². The molecule has 1 unspecified atom stereocenters. The van der Waals surface area contributed by atoms with Gasteiger partial charge < -0.3 is 10.5 Å². The summed E-state index contributed by atoms with van der Waals surface area (Å²) in [7, 11) is 0. The van der Waals surface area contributed by atoms with Crippen LogP contribution < -0.4 is 10.5 Å². The third-order valence-electron chi connectivity index (χ3n) is 2.77. The van der Waals surface area contributed by atoms with Crippen LogP contribution in [-0.2, 0) is 6.42 Å². The molecule has 14 heavy (non-hydrogen) atoms. The number of benzene rings is 1. The van der Waals surface area contributed by atoms with Gasteiger partial charge in [-0.2, -0.15) is 0 Å². The van der Waals surface area contributed by atoms with Crippen molar-refractivity contribution in [3.63, 3.8) is 0 Å². The van der Waals surface area contributed by atoms with Crippen LogP contribution in [0.5, 0.6) is 5.75 Å². The molecule has 0 amide bonds. The predicted molar refractivity (Wildman–Crippen MR) is 57.5 cm³/mol. The molecule has 0 saturated carbocycles. The summed E-state index contributed by atoms with van der Waals surface area (Å²) in [5, 5.41) is 0. The van der Waals surface area contributed by atoms with Crippen molar-refractivity contribution in [2.45, 2.75) is 19.8 Å². The first-order valence-corrected chi connectivity index (χ1v) is 5.22. The van der Waals surface area contributed by atoms with Crippen molar-refractivity contribution in [3.8, 4) is 5.75 Å². The van der Waals surface area contributed by atoms with Gasteiger partial charge in [-0.25, -0.2) is 0 Å². The lowest BCUT2D eigenvalue weighted by Crippen LogP contribution is -2.23. The number of nitrogens with two attached hydrogens (primary N) is 1. The molecule has 2 heteroatoms. The molecule has 76 valence electrons. The van der Waals surface area contributed by atoms with Crippen LogP contribution in [0.25, 0.3) is 0 Å². The summed E-state index contributed by atoms with van der Waals surface area (Å²) in [6.07, 6.45) is 2.18. The first kappa shape index (κ1) is 9.53. The largest absolute Gasteiger partial charge is 0.493 e. The second kappa shape index (κ2) is 4.01. The average molecular weight is 191 g/mol. The molecule has 1 aliphatic rings. The van der Waals surface area contributed by atoms with Crippen LogP contribution in [0.15, 0.2) is 18.2 Å². The highest BCUT2D eigenvalue weighted by Gasteiger charge is 2.18.